The van der Waals surface area contributed by atoms with Crippen molar-refractivity contribution in [3.63, 3.8) is 0 Å². The van der Waals surface area contributed by atoms with Gasteiger partial charge < -0.3 is 5.32 Å². The van der Waals surface area contributed by atoms with Crippen LogP contribution in [0.25, 0.3) is 0 Å². The van der Waals surface area contributed by atoms with E-state index in [-0.39, 0.29) is 17.3 Å². The minimum Gasteiger partial charge on any atom is -0.352 e. The summed E-state index contributed by atoms with van der Waals surface area (Å²) < 4.78 is 0. The van der Waals surface area contributed by atoms with Crippen molar-refractivity contribution in [2.45, 2.75) is 31.2 Å². The summed E-state index contributed by atoms with van der Waals surface area (Å²) >= 11 is 5.73. The molecule has 1 fully saturated rings. The molecule has 0 aliphatic carbocycles. The highest BCUT2D eigenvalue weighted by Crippen LogP contribution is 2.13. The first-order valence-corrected chi connectivity index (χ1v) is 3.57. The van der Waals surface area contributed by atoms with E-state index in [1.807, 2.05) is 6.92 Å². The molecule has 0 spiro atoms. The first-order chi connectivity index (χ1) is 4.20. The van der Waals surface area contributed by atoms with Crippen LogP contribution in [0.1, 0.15) is 19.8 Å². The monoisotopic (exact) mass is 147 g/mol. The van der Waals surface area contributed by atoms with E-state index in [1.54, 1.807) is 0 Å². The fraction of sp³-hybridized carbons (Fsp3) is 0.833. The summed E-state index contributed by atoms with van der Waals surface area (Å²) in [6.45, 7) is 1.90. The van der Waals surface area contributed by atoms with Crippen molar-refractivity contribution in [1.29, 1.82) is 0 Å². The summed E-state index contributed by atoms with van der Waals surface area (Å²) in [4.78, 5) is 10.6. The van der Waals surface area contributed by atoms with E-state index in [4.69, 9.17) is 11.6 Å². The van der Waals surface area contributed by atoms with Crippen molar-refractivity contribution in [3.8, 4) is 0 Å². The van der Waals surface area contributed by atoms with Crippen LogP contribution in [0, 0.1) is 0 Å². The van der Waals surface area contributed by atoms with Gasteiger partial charge in [0.1, 0.15) is 0 Å². The van der Waals surface area contributed by atoms with E-state index in [0.717, 1.165) is 6.42 Å². The molecule has 2 nitrogen and oxygen atoms in total. The normalized spacial score (nSPS) is 30.0. The van der Waals surface area contributed by atoms with Gasteiger partial charge in [-0.3, -0.25) is 4.79 Å². The number of alkyl halides is 1. The van der Waals surface area contributed by atoms with Gasteiger partial charge in [0, 0.05) is 12.5 Å². The Labute approximate surface area is 59.6 Å². The molecule has 1 N–H and O–H groups in total. The summed E-state index contributed by atoms with van der Waals surface area (Å²) in [5, 5.41) is 2.85. The van der Waals surface area contributed by atoms with Crippen LogP contribution in [0.4, 0.5) is 0 Å². The largest absolute Gasteiger partial charge is 0.352 e. The third kappa shape index (κ3) is 1.58. The summed E-state index contributed by atoms with van der Waals surface area (Å²) in [7, 11) is 0. The molecule has 3 heteroatoms. The summed E-state index contributed by atoms with van der Waals surface area (Å²) in [5.74, 6) is 0.132. The van der Waals surface area contributed by atoms with Crippen LogP contribution in [0.5, 0.6) is 0 Å². The predicted molar refractivity (Wildman–Crippen MR) is 36.5 cm³/mol. The van der Waals surface area contributed by atoms with Crippen molar-refractivity contribution in [3.05, 3.63) is 0 Å². The molecule has 52 valence electrons. The van der Waals surface area contributed by atoms with Crippen LogP contribution in [0.2, 0.25) is 0 Å². The molecule has 9 heavy (non-hydrogen) atoms. The number of halogens is 1. The van der Waals surface area contributed by atoms with Gasteiger partial charge in [0.25, 0.3) is 0 Å². The smallest absolute Gasteiger partial charge is 0.220 e. The molecule has 1 aliphatic rings. The Balaban J connectivity index is 2.39. The average molecular weight is 148 g/mol. The Kier molecular flexibility index (Phi) is 1.96. The lowest BCUT2D eigenvalue weighted by Crippen LogP contribution is -2.31. The van der Waals surface area contributed by atoms with Crippen molar-refractivity contribution >= 4 is 17.5 Å². The highest BCUT2D eigenvalue weighted by Gasteiger charge is 2.23. The van der Waals surface area contributed by atoms with E-state index in [1.165, 1.54) is 0 Å². The molecule has 0 aromatic heterocycles. The third-order valence-corrected chi connectivity index (χ3v) is 1.89. The van der Waals surface area contributed by atoms with Crippen LogP contribution >= 0.6 is 11.6 Å². The molecule has 0 radical (unpaired) electrons. The highest BCUT2D eigenvalue weighted by molar-refractivity contribution is 6.21. The topological polar surface area (TPSA) is 29.1 Å². The van der Waals surface area contributed by atoms with E-state index in [0.29, 0.717) is 6.42 Å². The van der Waals surface area contributed by atoms with Gasteiger partial charge in [-0.15, -0.1) is 11.6 Å². The molecule has 1 heterocycles. The first-order valence-electron chi connectivity index (χ1n) is 3.13. The molecule has 1 saturated heterocycles. The molecule has 0 aromatic rings. The first kappa shape index (κ1) is 6.87. The molecule has 1 rings (SSSR count). The number of carbonyl (C=O) groups excluding carboxylic acids is 1. The molecule has 0 saturated carbocycles. The number of rotatable bonds is 1. The summed E-state index contributed by atoms with van der Waals surface area (Å²) in [5.41, 5.74) is 0. The second kappa shape index (κ2) is 2.56. The van der Waals surface area contributed by atoms with Crippen molar-refractivity contribution < 1.29 is 4.79 Å². The molecule has 1 aliphatic heterocycles. The van der Waals surface area contributed by atoms with Crippen LogP contribution in [-0.4, -0.2) is 17.3 Å². The average Bonchev–Trinajstić information content (AvgIpc) is 2.14. The number of amides is 1. The number of hydrogen-bond acceptors (Lipinski definition) is 1. The Morgan fingerprint density at radius 3 is 2.78 bits per heavy atom. The van der Waals surface area contributed by atoms with Crippen LogP contribution in [-0.2, 0) is 4.79 Å². The quantitative estimate of drug-likeness (QED) is 0.549. The lowest BCUT2D eigenvalue weighted by molar-refractivity contribution is -0.119. The van der Waals surface area contributed by atoms with Crippen molar-refractivity contribution in [2.24, 2.45) is 0 Å². The van der Waals surface area contributed by atoms with Gasteiger partial charge >= 0.3 is 0 Å². The molecular weight excluding hydrogens is 138 g/mol. The van der Waals surface area contributed by atoms with Crippen molar-refractivity contribution in [2.75, 3.05) is 0 Å². The van der Waals surface area contributed by atoms with E-state index in [2.05, 4.69) is 5.32 Å². The zero-order valence-electron chi connectivity index (χ0n) is 5.36. The minimum absolute atomic E-state index is 0.0662. The number of hydrogen-bond donors (Lipinski definition) is 1. The standard InChI is InChI=1S/C6H10ClNO/c1-4(7)5-2-3-6(9)8-5/h4-5H,2-3H2,1H3,(H,8,9). The van der Waals surface area contributed by atoms with Gasteiger partial charge in [0.2, 0.25) is 5.91 Å². The minimum atomic E-state index is 0.0662. The molecule has 0 bridgehead atoms. The lowest BCUT2D eigenvalue weighted by atomic mass is 10.2. The lowest BCUT2D eigenvalue weighted by Gasteiger charge is -2.10. The van der Waals surface area contributed by atoms with Crippen LogP contribution in [0.15, 0.2) is 0 Å². The van der Waals surface area contributed by atoms with E-state index >= 15 is 0 Å². The Bertz CT molecular complexity index is 124. The predicted octanol–water partition coefficient (Wildman–Crippen LogP) is 0.892. The van der Waals surface area contributed by atoms with E-state index < -0.39 is 0 Å². The molecule has 0 aromatic carbocycles. The maximum atomic E-state index is 10.6. The second-order valence-corrected chi connectivity index (χ2v) is 3.08. The molecule has 2 unspecified atom stereocenters. The third-order valence-electron chi connectivity index (χ3n) is 1.58. The van der Waals surface area contributed by atoms with Gasteiger partial charge in [-0.1, -0.05) is 0 Å². The SMILES string of the molecule is CC(Cl)C1CCC(=O)N1. The number of carbonyl (C=O) groups is 1. The van der Waals surface area contributed by atoms with E-state index in [9.17, 15) is 4.79 Å². The van der Waals surface area contributed by atoms with Gasteiger partial charge in [-0.25, -0.2) is 0 Å². The molecule has 1 amide bonds. The fourth-order valence-corrected chi connectivity index (χ4v) is 1.17. The summed E-state index contributed by atoms with van der Waals surface area (Å²) in [6.07, 6.45) is 1.53. The van der Waals surface area contributed by atoms with Gasteiger partial charge in [-0.05, 0) is 13.3 Å². The molecular formula is C6H10ClNO. The Morgan fingerprint density at radius 2 is 2.56 bits per heavy atom. The molecule has 2 atom stereocenters. The van der Waals surface area contributed by atoms with Gasteiger partial charge in [0.05, 0.1) is 5.38 Å². The number of nitrogens with one attached hydrogen (secondary N) is 1. The second-order valence-electron chi connectivity index (χ2n) is 2.39. The van der Waals surface area contributed by atoms with Crippen LogP contribution < -0.4 is 5.32 Å². The van der Waals surface area contributed by atoms with Crippen molar-refractivity contribution in [1.82, 2.24) is 5.32 Å². The maximum absolute atomic E-state index is 10.6. The fourth-order valence-electron chi connectivity index (χ4n) is 0.982. The summed E-state index contributed by atoms with van der Waals surface area (Å²) in [6, 6.07) is 0.208. The Hall–Kier alpha value is -0.240. The zero-order valence-corrected chi connectivity index (χ0v) is 6.11. The van der Waals surface area contributed by atoms with Gasteiger partial charge in [0.15, 0.2) is 0 Å². The Morgan fingerprint density at radius 1 is 1.89 bits per heavy atom. The maximum Gasteiger partial charge on any atom is 0.220 e. The van der Waals surface area contributed by atoms with Gasteiger partial charge in [-0.2, -0.15) is 0 Å². The highest BCUT2D eigenvalue weighted by atomic mass is 35.5. The zero-order chi connectivity index (χ0) is 6.85. The van der Waals surface area contributed by atoms with Crippen LogP contribution in [0.3, 0.4) is 0 Å².